The Morgan fingerprint density at radius 2 is 1.82 bits per heavy atom. The fraction of sp³-hybridized carbons (Fsp3) is 0.143. The molecule has 1 aromatic heterocycles. The first kappa shape index (κ1) is 20.4. The van der Waals surface area contributed by atoms with Gasteiger partial charge < -0.3 is 9.88 Å². The molecule has 0 aliphatic rings. The molecule has 2 N–H and O–H groups in total. The highest BCUT2D eigenvalue weighted by molar-refractivity contribution is 9.10. The van der Waals surface area contributed by atoms with E-state index in [0.717, 1.165) is 37.3 Å². The Hall–Kier alpha value is -2.38. The second-order valence-electron chi connectivity index (χ2n) is 6.27. The van der Waals surface area contributed by atoms with Crippen LogP contribution in [0.5, 0.6) is 0 Å². The predicted molar refractivity (Wildman–Crippen MR) is 121 cm³/mol. The number of nitrogens with one attached hydrogen (secondary N) is 2. The summed E-state index contributed by atoms with van der Waals surface area (Å²) in [6.45, 7) is 4.23. The summed E-state index contributed by atoms with van der Waals surface area (Å²) in [5, 5.41) is 7.16. The number of halogens is 2. The van der Waals surface area contributed by atoms with Crippen molar-refractivity contribution in [2.24, 2.45) is 5.10 Å². The molecule has 3 aromatic rings. The van der Waals surface area contributed by atoms with Gasteiger partial charge in [0.2, 0.25) is 0 Å². The Bertz CT molecular complexity index is 1010. The normalized spacial score (nSPS) is 11.0. The highest BCUT2D eigenvalue weighted by Crippen LogP contribution is 2.26. The van der Waals surface area contributed by atoms with E-state index in [9.17, 15) is 4.79 Å². The van der Waals surface area contributed by atoms with Crippen molar-refractivity contribution in [2.75, 3.05) is 11.9 Å². The van der Waals surface area contributed by atoms with E-state index in [2.05, 4.69) is 58.3 Å². The van der Waals surface area contributed by atoms with Crippen LogP contribution in [-0.2, 0) is 4.79 Å². The van der Waals surface area contributed by atoms with Gasteiger partial charge in [-0.05, 0) is 72.2 Å². The van der Waals surface area contributed by atoms with Crippen LogP contribution in [-0.4, -0.2) is 23.2 Å². The summed E-state index contributed by atoms with van der Waals surface area (Å²) in [5.41, 5.74) is 7.60. The van der Waals surface area contributed by atoms with Crippen LogP contribution in [0.3, 0.4) is 0 Å². The molecule has 28 heavy (non-hydrogen) atoms. The first-order chi connectivity index (χ1) is 13.5. The average molecular weight is 504 g/mol. The lowest BCUT2D eigenvalue weighted by atomic mass is 10.2. The quantitative estimate of drug-likeness (QED) is 0.359. The Balaban J connectivity index is 1.63. The molecule has 5 nitrogen and oxygen atoms in total. The Morgan fingerprint density at radius 1 is 1.11 bits per heavy atom. The third kappa shape index (κ3) is 4.91. The molecular weight excluding hydrogens is 484 g/mol. The predicted octanol–water partition coefficient (Wildman–Crippen LogP) is 5.18. The Kier molecular flexibility index (Phi) is 6.70. The maximum absolute atomic E-state index is 12.0. The second-order valence-corrected chi connectivity index (χ2v) is 8.04. The van der Waals surface area contributed by atoms with Gasteiger partial charge in [-0.2, -0.15) is 5.10 Å². The third-order valence-electron chi connectivity index (χ3n) is 4.25. The number of rotatable bonds is 6. The van der Waals surface area contributed by atoms with Crippen LogP contribution in [0, 0.1) is 13.8 Å². The van der Waals surface area contributed by atoms with Gasteiger partial charge in [0.25, 0.3) is 5.91 Å². The summed E-state index contributed by atoms with van der Waals surface area (Å²) >= 11 is 6.98. The Morgan fingerprint density at radius 3 is 2.54 bits per heavy atom. The van der Waals surface area contributed by atoms with Crippen LogP contribution < -0.4 is 10.7 Å². The largest absolute Gasteiger partial charge is 0.376 e. The molecule has 0 saturated heterocycles. The van der Waals surface area contributed by atoms with E-state index in [-0.39, 0.29) is 12.5 Å². The van der Waals surface area contributed by atoms with Gasteiger partial charge in [0.1, 0.15) is 0 Å². The number of carbonyl (C=O) groups is 1. The number of carbonyl (C=O) groups excluding carboxylic acids is 1. The van der Waals surface area contributed by atoms with Gasteiger partial charge in [-0.3, -0.25) is 4.79 Å². The third-order valence-corrected chi connectivity index (χ3v) is 5.45. The van der Waals surface area contributed by atoms with Crippen molar-refractivity contribution in [3.63, 3.8) is 0 Å². The lowest BCUT2D eigenvalue weighted by molar-refractivity contribution is -0.119. The summed E-state index contributed by atoms with van der Waals surface area (Å²) in [6.07, 6.45) is 1.67. The molecule has 1 heterocycles. The second kappa shape index (κ2) is 9.21. The summed E-state index contributed by atoms with van der Waals surface area (Å²) < 4.78 is 4.17. The number of nitrogens with zero attached hydrogens (tertiary/aromatic N) is 2. The minimum absolute atomic E-state index is 0.148. The molecule has 0 bridgehead atoms. The maximum Gasteiger partial charge on any atom is 0.259 e. The highest BCUT2D eigenvalue weighted by atomic mass is 79.9. The van der Waals surface area contributed by atoms with Crippen molar-refractivity contribution in [3.8, 4) is 5.69 Å². The zero-order valence-electron chi connectivity index (χ0n) is 15.5. The number of para-hydroxylation sites is 1. The van der Waals surface area contributed by atoms with Crippen LogP contribution in [0.25, 0.3) is 5.69 Å². The van der Waals surface area contributed by atoms with Gasteiger partial charge in [0.05, 0.1) is 18.4 Å². The van der Waals surface area contributed by atoms with Crippen molar-refractivity contribution in [3.05, 3.63) is 80.5 Å². The van der Waals surface area contributed by atoms with E-state index in [0.29, 0.717) is 0 Å². The molecule has 0 unspecified atom stereocenters. The van der Waals surface area contributed by atoms with E-state index < -0.39 is 0 Å². The zero-order chi connectivity index (χ0) is 20.1. The first-order valence-electron chi connectivity index (χ1n) is 8.71. The Labute approximate surface area is 181 Å². The van der Waals surface area contributed by atoms with Crippen molar-refractivity contribution in [2.45, 2.75) is 13.8 Å². The molecule has 2 aromatic carbocycles. The van der Waals surface area contributed by atoms with E-state index in [1.165, 1.54) is 0 Å². The van der Waals surface area contributed by atoms with Crippen LogP contribution in [0.15, 0.2) is 68.6 Å². The fourth-order valence-electron chi connectivity index (χ4n) is 2.89. The highest BCUT2D eigenvalue weighted by Gasteiger charge is 2.11. The average Bonchev–Trinajstić information content (AvgIpc) is 2.95. The molecule has 0 saturated carbocycles. The molecule has 0 radical (unpaired) electrons. The van der Waals surface area contributed by atoms with Gasteiger partial charge in [0, 0.05) is 31.6 Å². The topological polar surface area (TPSA) is 58.4 Å². The fourth-order valence-corrected chi connectivity index (χ4v) is 3.61. The summed E-state index contributed by atoms with van der Waals surface area (Å²) in [6, 6.07) is 17.7. The summed E-state index contributed by atoms with van der Waals surface area (Å²) in [5.74, 6) is -0.209. The molecule has 0 atom stereocenters. The summed E-state index contributed by atoms with van der Waals surface area (Å²) in [7, 11) is 0. The first-order valence-corrected chi connectivity index (χ1v) is 10.3. The number of hydrogen-bond donors (Lipinski definition) is 2. The van der Waals surface area contributed by atoms with E-state index in [4.69, 9.17) is 0 Å². The number of aryl methyl sites for hydroxylation is 1. The standard InChI is InChI=1S/C21H20Br2N4O/c1-14-11-16(15(2)27(14)20-6-4-3-5-19(20)23)12-25-26-21(28)13-24-18-9-7-17(22)8-10-18/h3-12,24H,13H2,1-2H3,(H,26,28)/b25-12-. The molecule has 0 aliphatic heterocycles. The van der Waals surface area contributed by atoms with Gasteiger partial charge in [-0.1, -0.05) is 28.1 Å². The van der Waals surface area contributed by atoms with Gasteiger partial charge in [-0.15, -0.1) is 0 Å². The number of amides is 1. The molecule has 1 amide bonds. The number of aromatic nitrogens is 1. The van der Waals surface area contributed by atoms with E-state index in [1.807, 2.05) is 62.4 Å². The minimum atomic E-state index is -0.209. The maximum atomic E-state index is 12.0. The molecule has 7 heteroatoms. The van der Waals surface area contributed by atoms with Gasteiger partial charge in [0.15, 0.2) is 0 Å². The minimum Gasteiger partial charge on any atom is -0.376 e. The monoisotopic (exact) mass is 502 g/mol. The molecule has 144 valence electrons. The van der Waals surface area contributed by atoms with Crippen molar-refractivity contribution >= 4 is 49.7 Å². The number of hydrogen-bond acceptors (Lipinski definition) is 3. The van der Waals surface area contributed by atoms with Crippen molar-refractivity contribution in [1.82, 2.24) is 9.99 Å². The van der Waals surface area contributed by atoms with E-state index in [1.54, 1.807) is 6.21 Å². The molecule has 0 fully saturated rings. The van der Waals surface area contributed by atoms with Crippen LogP contribution >= 0.6 is 31.9 Å². The van der Waals surface area contributed by atoms with Crippen LogP contribution in [0.2, 0.25) is 0 Å². The lowest BCUT2D eigenvalue weighted by Gasteiger charge is -2.11. The smallest absolute Gasteiger partial charge is 0.259 e. The number of hydrazone groups is 1. The van der Waals surface area contributed by atoms with Gasteiger partial charge in [-0.25, -0.2) is 5.43 Å². The molecule has 3 rings (SSSR count). The van der Waals surface area contributed by atoms with Crippen LogP contribution in [0.4, 0.5) is 5.69 Å². The van der Waals surface area contributed by atoms with Crippen molar-refractivity contribution in [1.29, 1.82) is 0 Å². The number of benzene rings is 2. The van der Waals surface area contributed by atoms with Crippen LogP contribution in [0.1, 0.15) is 17.0 Å². The number of anilines is 1. The lowest BCUT2D eigenvalue weighted by Crippen LogP contribution is -2.25. The van der Waals surface area contributed by atoms with E-state index >= 15 is 0 Å². The van der Waals surface area contributed by atoms with Crippen molar-refractivity contribution < 1.29 is 4.79 Å². The molecule has 0 spiro atoms. The summed E-state index contributed by atoms with van der Waals surface area (Å²) in [4.78, 5) is 12.0. The van der Waals surface area contributed by atoms with Gasteiger partial charge >= 0.3 is 0 Å². The molecular formula is C21H20Br2N4O. The SMILES string of the molecule is Cc1cc(/C=N\NC(=O)CNc2ccc(Br)cc2)c(C)n1-c1ccccc1Br. The molecule has 0 aliphatic carbocycles. The zero-order valence-corrected chi connectivity index (χ0v) is 18.7.